The summed E-state index contributed by atoms with van der Waals surface area (Å²) in [5.41, 5.74) is 4.01. The van der Waals surface area contributed by atoms with Crippen LogP contribution in [0, 0.1) is 0 Å². The van der Waals surface area contributed by atoms with Crippen LogP contribution in [0.4, 0.5) is 5.69 Å². The van der Waals surface area contributed by atoms with E-state index < -0.39 is 0 Å². The summed E-state index contributed by atoms with van der Waals surface area (Å²) in [5.74, 6) is 0.982. The standard InChI is InChI=1S/C28H29N5O2/c1-31-25-13-12-23(29-27(34)21-8-4-2-5-9-21)20-24(25)30-26(31)14-15-32-16-18-33(19-17-32)28(35)22-10-6-3-7-11-22/h2-13,20H,14-19H2,1H3,(H,29,34). The molecule has 178 valence electrons. The predicted octanol–water partition coefficient (Wildman–Crippen LogP) is 3.83. The molecule has 0 bridgehead atoms. The van der Waals surface area contributed by atoms with Gasteiger partial charge in [-0.15, -0.1) is 0 Å². The van der Waals surface area contributed by atoms with Gasteiger partial charge in [-0.05, 0) is 42.5 Å². The SMILES string of the molecule is Cn1c(CCN2CCN(C(=O)c3ccccc3)CC2)nc2cc(NC(=O)c3ccccc3)ccc21. The van der Waals surface area contributed by atoms with Crippen LogP contribution >= 0.6 is 0 Å². The van der Waals surface area contributed by atoms with Gasteiger partial charge in [-0.25, -0.2) is 4.98 Å². The minimum absolute atomic E-state index is 0.107. The molecule has 2 heterocycles. The average Bonchev–Trinajstić information content (AvgIpc) is 3.22. The largest absolute Gasteiger partial charge is 0.336 e. The minimum atomic E-state index is -0.133. The number of carbonyl (C=O) groups excluding carboxylic acids is 2. The Morgan fingerprint density at radius 2 is 1.51 bits per heavy atom. The Kier molecular flexibility index (Phi) is 6.59. The van der Waals surface area contributed by atoms with Gasteiger partial charge in [0.15, 0.2) is 0 Å². The quantitative estimate of drug-likeness (QED) is 0.468. The number of amides is 2. The molecule has 0 spiro atoms. The maximum Gasteiger partial charge on any atom is 0.255 e. The van der Waals surface area contributed by atoms with Crippen molar-refractivity contribution in [3.8, 4) is 0 Å². The Labute approximate surface area is 205 Å². The third kappa shape index (κ3) is 5.10. The molecule has 1 aliphatic rings. The van der Waals surface area contributed by atoms with Crippen molar-refractivity contribution < 1.29 is 9.59 Å². The van der Waals surface area contributed by atoms with Crippen LogP contribution in [-0.2, 0) is 13.5 Å². The number of imidazole rings is 1. The second-order valence-corrected chi connectivity index (χ2v) is 8.86. The summed E-state index contributed by atoms with van der Waals surface area (Å²) in [6.07, 6.45) is 0.823. The average molecular weight is 468 g/mol. The van der Waals surface area contributed by atoms with Crippen LogP contribution in [0.15, 0.2) is 78.9 Å². The summed E-state index contributed by atoms with van der Waals surface area (Å²) in [7, 11) is 2.03. The number of aryl methyl sites for hydroxylation is 1. The Morgan fingerprint density at radius 1 is 0.857 bits per heavy atom. The lowest BCUT2D eigenvalue weighted by Gasteiger charge is -2.34. The molecule has 0 radical (unpaired) electrons. The number of aromatic nitrogens is 2. The number of hydrogen-bond donors (Lipinski definition) is 1. The topological polar surface area (TPSA) is 70.5 Å². The van der Waals surface area contributed by atoms with E-state index in [0.29, 0.717) is 5.56 Å². The van der Waals surface area contributed by atoms with Gasteiger partial charge in [-0.2, -0.15) is 0 Å². The van der Waals surface area contributed by atoms with Crippen LogP contribution in [0.1, 0.15) is 26.5 Å². The van der Waals surface area contributed by atoms with Crippen molar-refractivity contribution in [2.24, 2.45) is 7.05 Å². The van der Waals surface area contributed by atoms with E-state index in [1.54, 1.807) is 12.1 Å². The maximum absolute atomic E-state index is 12.7. The first-order valence-electron chi connectivity index (χ1n) is 12.0. The van der Waals surface area contributed by atoms with Gasteiger partial charge in [0.05, 0.1) is 11.0 Å². The molecule has 0 aliphatic carbocycles. The van der Waals surface area contributed by atoms with Crippen LogP contribution in [0.25, 0.3) is 11.0 Å². The normalized spacial score (nSPS) is 14.3. The van der Waals surface area contributed by atoms with Gasteiger partial charge in [0, 0.05) is 63.0 Å². The van der Waals surface area contributed by atoms with Gasteiger partial charge in [-0.1, -0.05) is 36.4 Å². The Balaban J connectivity index is 1.18. The van der Waals surface area contributed by atoms with Crippen molar-refractivity contribution >= 4 is 28.5 Å². The maximum atomic E-state index is 12.7. The minimum Gasteiger partial charge on any atom is -0.336 e. The number of nitrogens with zero attached hydrogens (tertiary/aromatic N) is 4. The first-order valence-corrected chi connectivity index (χ1v) is 12.0. The third-order valence-corrected chi connectivity index (χ3v) is 6.60. The highest BCUT2D eigenvalue weighted by Gasteiger charge is 2.22. The molecule has 0 saturated carbocycles. The van der Waals surface area contributed by atoms with Crippen molar-refractivity contribution in [2.45, 2.75) is 6.42 Å². The summed E-state index contributed by atoms with van der Waals surface area (Å²) < 4.78 is 2.12. The van der Waals surface area contributed by atoms with E-state index in [4.69, 9.17) is 4.98 Å². The van der Waals surface area contributed by atoms with Gasteiger partial charge in [-0.3, -0.25) is 14.5 Å². The van der Waals surface area contributed by atoms with Crippen molar-refractivity contribution in [1.82, 2.24) is 19.4 Å². The molecule has 3 aromatic carbocycles. The number of rotatable bonds is 6. The van der Waals surface area contributed by atoms with Crippen LogP contribution in [0.2, 0.25) is 0 Å². The number of benzene rings is 3. The molecule has 4 aromatic rings. The molecular weight excluding hydrogens is 438 g/mol. The van der Waals surface area contributed by atoms with Crippen LogP contribution < -0.4 is 5.32 Å². The molecule has 0 atom stereocenters. The molecule has 1 N–H and O–H groups in total. The van der Waals surface area contributed by atoms with Gasteiger partial charge in [0.2, 0.25) is 0 Å². The fourth-order valence-corrected chi connectivity index (χ4v) is 4.54. The van der Waals surface area contributed by atoms with Crippen molar-refractivity contribution in [3.05, 3.63) is 95.8 Å². The highest BCUT2D eigenvalue weighted by Crippen LogP contribution is 2.21. The number of fused-ring (bicyclic) bond motifs is 1. The zero-order valence-electron chi connectivity index (χ0n) is 19.9. The van der Waals surface area contributed by atoms with Crippen molar-refractivity contribution in [2.75, 3.05) is 38.0 Å². The van der Waals surface area contributed by atoms with Crippen LogP contribution in [0.3, 0.4) is 0 Å². The van der Waals surface area contributed by atoms with E-state index in [2.05, 4.69) is 14.8 Å². The number of nitrogens with one attached hydrogen (secondary N) is 1. The Hall–Kier alpha value is -3.97. The first-order chi connectivity index (χ1) is 17.1. The number of carbonyl (C=O) groups is 2. The molecule has 5 rings (SSSR count). The van der Waals surface area contributed by atoms with E-state index in [9.17, 15) is 9.59 Å². The Morgan fingerprint density at radius 3 is 2.20 bits per heavy atom. The molecule has 2 amide bonds. The van der Waals surface area contributed by atoms with Gasteiger partial charge in [0.1, 0.15) is 5.82 Å². The second kappa shape index (κ2) is 10.1. The summed E-state index contributed by atoms with van der Waals surface area (Å²) in [6.45, 7) is 4.08. The third-order valence-electron chi connectivity index (χ3n) is 6.60. The highest BCUT2D eigenvalue weighted by molar-refractivity contribution is 6.05. The lowest BCUT2D eigenvalue weighted by molar-refractivity contribution is 0.0637. The summed E-state index contributed by atoms with van der Waals surface area (Å²) >= 11 is 0. The fraction of sp³-hybridized carbons (Fsp3) is 0.250. The number of anilines is 1. The molecule has 1 aromatic heterocycles. The van der Waals surface area contributed by atoms with E-state index in [-0.39, 0.29) is 11.8 Å². The van der Waals surface area contributed by atoms with Crippen LogP contribution in [0.5, 0.6) is 0 Å². The predicted molar refractivity (Wildman–Crippen MR) is 138 cm³/mol. The number of hydrogen-bond acceptors (Lipinski definition) is 4. The molecule has 1 fully saturated rings. The van der Waals surface area contributed by atoms with E-state index in [1.807, 2.05) is 78.7 Å². The summed E-state index contributed by atoms with van der Waals surface area (Å²) in [4.78, 5) is 34.3. The molecule has 35 heavy (non-hydrogen) atoms. The van der Waals surface area contributed by atoms with Gasteiger partial charge >= 0.3 is 0 Å². The molecule has 1 saturated heterocycles. The van der Waals surface area contributed by atoms with Gasteiger partial charge in [0.25, 0.3) is 11.8 Å². The second-order valence-electron chi connectivity index (χ2n) is 8.86. The van der Waals surface area contributed by atoms with E-state index in [1.165, 1.54) is 0 Å². The smallest absolute Gasteiger partial charge is 0.255 e. The van der Waals surface area contributed by atoms with Gasteiger partial charge < -0.3 is 14.8 Å². The molecule has 7 nitrogen and oxygen atoms in total. The monoisotopic (exact) mass is 467 g/mol. The van der Waals surface area contributed by atoms with Crippen LogP contribution in [-0.4, -0.2) is 63.9 Å². The zero-order valence-corrected chi connectivity index (χ0v) is 19.9. The van der Waals surface area contributed by atoms with E-state index >= 15 is 0 Å². The summed E-state index contributed by atoms with van der Waals surface area (Å²) in [5, 5.41) is 2.96. The Bertz CT molecular complexity index is 1330. The molecule has 0 unspecified atom stereocenters. The zero-order chi connectivity index (χ0) is 24.2. The lowest BCUT2D eigenvalue weighted by atomic mass is 10.2. The van der Waals surface area contributed by atoms with Crippen molar-refractivity contribution in [1.29, 1.82) is 0 Å². The molecular formula is C28H29N5O2. The van der Waals surface area contributed by atoms with Crippen molar-refractivity contribution in [3.63, 3.8) is 0 Å². The fourth-order valence-electron chi connectivity index (χ4n) is 4.54. The summed E-state index contributed by atoms with van der Waals surface area (Å²) in [6, 6.07) is 24.5. The lowest BCUT2D eigenvalue weighted by Crippen LogP contribution is -2.49. The molecule has 1 aliphatic heterocycles. The highest BCUT2D eigenvalue weighted by atomic mass is 16.2. The molecule has 7 heteroatoms. The van der Waals surface area contributed by atoms with E-state index in [0.717, 1.165) is 67.3 Å². The first kappa shape index (κ1) is 22.8. The number of piperazine rings is 1.